The number of hydrogen-bond acceptors (Lipinski definition) is 3. The first-order valence-electron chi connectivity index (χ1n) is 7.69. The van der Waals surface area contributed by atoms with Gasteiger partial charge in [0.15, 0.2) is 0 Å². The molecular weight excluding hydrogens is 248 g/mol. The van der Waals surface area contributed by atoms with Crippen LogP contribution >= 0.6 is 0 Å². The fourth-order valence-corrected chi connectivity index (χ4v) is 2.92. The molecule has 0 aliphatic carbocycles. The topological polar surface area (TPSA) is 24.5 Å². The molecule has 1 aromatic carbocycles. The van der Waals surface area contributed by atoms with Crippen molar-refractivity contribution in [1.29, 1.82) is 0 Å². The Morgan fingerprint density at radius 1 is 1.25 bits per heavy atom. The van der Waals surface area contributed by atoms with Gasteiger partial charge in [-0.2, -0.15) is 0 Å². The van der Waals surface area contributed by atoms with Crippen LogP contribution in [0, 0.1) is 12.8 Å². The molecule has 1 atom stereocenters. The highest BCUT2D eigenvalue weighted by molar-refractivity contribution is 5.24. The van der Waals surface area contributed by atoms with Crippen molar-refractivity contribution >= 4 is 0 Å². The van der Waals surface area contributed by atoms with Crippen LogP contribution < -0.4 is 5.32 Å². The van der Waals surface area contributed by atoms with Crippen molar-refractivity contribution in [2.24, 2.45) is 5.92 Å². The molecule has 0 spiro atoms. The first-order chi connectivity index (χ1) is 9.69. The fourth-order valence-electron chi connectivity index (χ4n) is 2.92. The van der Waals surface area contributed by atoms with Gasteiger partial charge < -0.3 is 15.0 Å². The van der Waals surface area contributed by atoms with Gasteiger partial charge in [-0.1, -0.05) is 29.8 Å². The van der Waals surface area contributed by atoms with Crippen LogP contribution in [0.15, 0.2) is 24.3 Å². The van der Waals surface area contributed by atoms with Crippen LogP contribution in [0.3, 0.4) is 0 Å². The average Bonchev–Trinajstić information content (AvgIpc) is 2.47. The molecule has 0 bridgehead atoms. The average molecular weight is 276 g/mol. The third-order valence-corrected chi connectivity index (χ3v) is 4.23. The van der Waals surface area contributed by atoms with E-state index in [2.05, 4.69) is 48.5 Å². The molecule has 0 radical (unpaired) electrons. The van der Waals surface area contributed by atoms with Gasteiger partial charge in [-0.25, -0.2) is 0 Å². The van der Waals surface area contributed by atoms with Crippen LogP contribution in [0.1, 0.15) is 30.0 Å². The van der Waals surface area contributed by atoms with Gasteiger partial charge >= 0.3 is 0 Å². The largest absolute Gasteiger partial charge is 0.381 e. The van der Waals surface area contributed by atoms with E-state index in [0.29, 0.717) is 6.04 Å². The summed E-state index contributed by atoms with van der Waals surface area (Å²) < 4.78 is 5.43. The first kappa shape index (κ1) is 15.5. The number of ether oxygens (including phenoxy) is 1. The molecule has 0 saturated carbocycles. The standard InChI is InChI=1S/C17H28N2O/c1-14-4-6-16(7-5-14)17(18-2)13-19(3)12-15-8-10-20-11-9-15/h4-7,15,17-18H,8-13H2,1-3H3. The minimum absolute atomic E-state index is 0.403. The van der Waals surface area contributed by atoms with Crippen molar-refractivity contribution in [3.8, 4) is 0 Å². The summed E-state index contributed by atoms with van der Waals surface area (Å²) in [5, 5.41) is 3.44. The second-order valence-electron chi connectivity index (χ2n) is 6.03. The maximum Gasteiger partial charge on any atom is 0.0469 e. The highest BCUT2D eigenvalue weighted by atomic mass is 16.5. The predicted molar refractivity (Wildman–Crippen MR) is 84.0 cm³/mol. The maximum absolute atomic E-state index is 5.43. The Balaban J connectivity index is 1.86. The van der Waals surface area contributed by atoms with Crippen molar-refractivity contribution in [2.75, 3.05) is 40.4 Å². The Morgan fingerprint density at radius 3 is 2.50 bits per heavy atom. The monoisotopic (exact) mass is 276 g/mol. The van der Waals surface area contributed by atoms with E-state index in [0.717, 1.165) is 25.7 Å². The second kappa shape index (κ2) is 7.77. The summed E-state index contributed by atoms with van der Waals surface area (Å²) in [6.07, 6.45) is 2.41. The Morgan fingerprint density at radius 2 is 1.90 bits per heavy atom. The van der Waals surface area contributed by atoms with E-state index in [9.17, 15) is 0 Å². The van der Waals surface area contributed by atoms with Gasteiger partial charge in [0, 0.05) is 32.3 Å². The van der Waals surface area contributed by atoms with Crippen molar-refractivity contribution in [3.05, 3.63) is 35.4 Å². The summed E-state index contributed by atoms with van der Waals surface area (Å²) in [6.45, 7) is 6.23. The molecule has 20 heavy (non-hydrogen) atoms. The molecule has 0 aromatic heterocycles. The summed E-state index contributed by atoms with van der Waals surface area (Å²) in [7, 11) is 4.28. The number of hydrogen-bond donors (Lipinski definition) is 1. The molecule has 1 aliphatic heterocycles. The van der Waals surface area contributed by atoms with Gasteiger partial charge in [0.1, 0.15) is 0 Å². The Labute approximate surface area is 123 Å². The first-order valence-corrected chi connectivity index (χ1v) is 7.69. The zero-order chi connectivity index (χ0) is 14.4. The predicted octanol–water partition coefficient (Wildman–Crippen LogP) is 2.61. The molecule has 3 heteroatoms. The van der Waals surface area contributed by atoms with Gasteiger partial charge in [-0.3, -0.25) is 0 Å². The lowest BCUT2D eigenvalue weighted by atomic mass is 9.99. The third-order valence-electron chi connectivity index (χ3n) is 4.23. The highest BCUT2D eigenvalue weighted by Gasteiger charge is 2.18. The number of likely N-dealkylation sites (N-methyl/N-ethyl adjacent to an activating group) is 2. The van der Waals surface area contributed by atoms with Crippen molar-refractivity contribution in [2.45, 2.75) is 25.8 Å². The lowest BCUT2D eigenvalue weighted by Gasteiger charge is -2.29. The third kappa shape index (κ3) is 4.58. The van der Waals surface area contributed by atoms with E-state index >= 15 is 0 Å². The molecule has 1 N–H and O–H groups in total. The molecule has 1 heterocycles. The Kier molecular flexibility index (Phi) is 6.02. The molecule has 1 fully saturated rings. The molecule has 2 rings (SSSR count). The molecule has 1 aromatic rings. The van der Waals surface area contributed by atoms with Crippen molar-refractivity contribution in [1.82, 2.24) is 10.2 Å². The van der Waals surface area contributed by atoms with Crippen LogP contribution in [0.25, 0.3) is 0 Å². The number of aryl methyl sites for hydroxylation is 1. The summed E-state index contributed by atoms with van der Waals surface area (Å²) >= 11 is 0. The highest BCUT2D eigenvalue weighted by Crippen LogP contribution is 2.18. The van der Waals surface area contributed by atoms with Gasteiger partial charge in [-0.05, 0) is 45.3 Å². The Hall–Kier alpha value is -0.900. The van der Waals surface area contributed by atoms with E-state index in [1.54, 1.807) is 0 Å². The van der Waals surface area contributed by atoms with Gasteiger partial charge in [0.05, 0.1) is 0 Å². The Bertz CT molecular complexity index is 384. The van der Waals surface area contributed by atoms with E-state index in [1.807, 2.05) is 7.05 Å². The van der Waals surface area contributed by atoms with E-state index in [-0.39, 0.29) is 0 Å². The molecule has 112 valence electrons. The van der Waals surface area contributed by atoms with Crippen LogP contribution in [0.5, 0.6) is 0 Å². The van der Waals surface area contributed by atoms with Crippen molar-refractivity contribution in [3.63, 3.8) is 0 Å². The lowest BCUT2D eigenvalue weighted by molar-refractivity contribution is 0.0548. The van der Waals surface area contributed by atoms with Gasteiger partial charge in [0.2, 0.25) is 0 Å². The number of nitrogens with one attached hydrogen (secondary N) is 1. The normalized spacial score (nSPS) is 18.4. The summed E-state index contributed by atoms with van der Waals surface area (Å²) in [5.41, 5.74) is 2.69. The van der Waals surface area contributed by atoms with Crippen LogP contribution in [-0.2, 0) is 4.74 Å². The summed E-state index contributed by atoms with van der Waals surface area (Å²) in [4.78, 5) is 2.46. The zero-order valence-electron chi connectivity index (χ0n) is 13.1. The van der Waals surface area contributed by atoms with Gasteiger partial charge in [-0.15, -0.1) is 0 Å². The fraction of sp³-hybridized carbons (Fsp3) is 0.647. The molecule has 0 amide bonds. The SMILES string of the molecule is CNC(CN(C)CC1CCOCC1)c1ccc(C)cc1. The van der Waals surface area contributed by atoms with E-state index in [1.165, 1.54) is 30.5 Å². The van der Waals surface area contributed by atoms with Crippen LogP contribution in [0.4, 0.5) is 0 Å². The molecule has 1 saturated heterocycles. The van der Waals surface area contributed by atoms with Gasteiger partial charge in [0.25, 0.3) is 0 Å². The number of rotatable bonds is 6. The number of benzene rings is 1. The smallest absolute Gasteiger partial charge is 0.0469 e. The minimum atomic E-state index is 0.403. The summed E-state index contributed by atoms with van der Waals surface area (Å²) in [5.74, 6) is 0.796. The zero-order valence-corrected chi connectivity index (χ0v) is 13.1. The van der Waals surface area contributed by atoms with Crippen LogP contribution in [0.2, 0.25) is 0 Å². The van der Waals surface area contributed by atoms with E-state index in [4.69, 9.17) is 4.74 Å². The molecular formula is C17H28N2O. The molecule has 1 aliphatic rings. The number of nitrogens with zero attached hydrogens (tertiary/aromatic N) is 1. The molecule has 3 nitrogen and oxygen atoms in total. The maximum atomic E-state index is 5.43. The second-order valence-corrected chi connectivity index (χ2v) is 6.03. The summed E-state index contributed by atoms with van der Waals surface area (Å²) in [6, 6.07) is 9.26. The van der Waals surface area contributed by atoms with Crippen LogP contribution in [-0.4, -0.2) is 45.3 Å². The minimum Gasteiger partial charge on any atom is -0.381 e. The van der Waals surface area contributed by atoms with Crippen molar-refractivity contribution < 1.29 is 4.74 Å². The lowest BCUT2D eigenvalue weighted by Crippen LogP contribution is -2.35. The quantitative estimate of drug-likeness (QED) is 0.864. The molecule has 1 unspecified atom stereocenters. The van der Waals surface area contributed by atoms with E-state index < -0.39 is 0 Å².